The van der Waals surface area contributed by atoms with Gasteiger partial charge in [0.2, 0.25) is 25.2 Å². The number of rotatable bonds is 18. The first-order chi connectivity index (χ1) is 35.9. The van der Waals surface area contributed by atoms with Gasteiger partial charge in [-0.05, 0) is 107 Å². The molecule has 8 rings (SSSR count). The first kappa shape index (κ1) is 60.0. The van der Waals surface area contributed by atoms with Crippen LogP contribution in [0.4, 0.5) is 0 Å². The van der Waals surface area contributed by atoms with Gasteiger partial charge >= 0.3 is 5.97 Å². The van der Waals surface area contributed by atoms with Crippen molar-refractivity contribution in [3.63, 3.8) is 0 Å². The molecule has 0 aromatic carbocycles. The third-order valence-corrected chi connectivity index (χ3v) is 17.6. The number of ketones is 1. The van der Waals surface area contributed by atoms with E-state index >= 15 is 0 Å². The lowest BCUT2D eigenvalue weighted by Gasteiger charge is -2.57. The van der Waals surface area contributed by atoms with Crippen molar-refractivity contribution in [2.75, 3.05) is 6.61 Å². The summed E-state index contributed by atoms with van der Waals surface area (Å²) in [5.74, 6) is -0.753. The van der Waals surface area contributed by atoms with E-state index in [1.807, 2.05) is 0 Å². The number of carbonyl (C=O) groups excluding carboxylic acids is 2. The molecule has 4 aliphatic carbocycles. The highest BCUT2D eigenvalue weighted by Crippen LogP contribution is 2.67. The van der Waals surface area contributed by atoms with Crippen molar-refractivity contribution in [3.05, 3.63) is 11.6 Å². The first-order valence-corrected chi connectivity index (χ1v) is 26.3. The summed E-state index contributed by atoms with van der Waals surface area (Å²) in [7, 11) is 0. The van der Waals surface area contributed by atoms with E-state index in [0.29, 0.717) is 38.5 Å². The fraction of sp³-hybridized carbons (Fsp3) is 0.918. The Morgan fingerprint density at radius 1 is 0.632 bits per heavy atom. The molecule has 27 heteroatoms. The molecule has 0 amide bonds. The molecule has 0 radical (unpaired) electrons. The lowest BCUT2D eigenvalue weighted by atomic mass is 9.47. The van der Waals surface area contributed by atoms with Gasteiger partial charge in [0, 0.05) is 6.42 Å². The van der Waals surface area contributed by atoms with Gasteiger partial charge in [0.15, 0.2) is 24.8 Å². The van der Waals surface area contributed by atoms with E-state index in [9.17, 15) is 70.9 Å². The van der Waals surface area contributed by atoms with Crippen LogP contribution in [-0.4, -0.2) is 215 Å². The van der Waals surface area contributed by atoms with Gasteiger partial charge in [-0.15, -0.1) is 0 Å². The summed E-state index contributed by atoms with van der Waals surface area (Å²) in [6.07, 6.45) is -27.5. The maximum Gasteiger partial charge on any atom is 0.306 e. The topological polar surface area (TPSA) is 397 Å². The molecule has 0 spiro atoms. The largest absolute Gasteiger partial charge is 0.462 e. The van der Waals surface area contributed by atoms with E-state index < -0.39 is 153 Å². The van der Waals surface area contributed by atoms with E-state index in [2.05, 4.69) is 19.9 Å². The highest BCUT2D eigenvalue weighted by atomic mass is 17.3. The van der Waals surface area contributed by atoms with Crippen LogP contribution in [0.5, 0.6) is 0 Å². The van der Waals surface area contributed by atoms with E-state index in [0.717, 1.165) is 18.4 Å². The third kappa shape index (κ3) is 12.1. The highest BCUT2D eigenvalue weighted by Gasteiger charge is 2.63. The predicted molar refractivity (Wildman–Crippen MR) is 245 cm³/mol. The molecular formula is C49H78O27. The summed E-state index contributed by atoms with van der Waals surface area (Å²) in [5, 5.41) is 124. The molecule has 27 nitrogen and oxygen atoms in total. The van der Waals surface area contributed by atoms with Crippen LogP contribution in [0.1, 0.15) is 99.3 Å². The Morgan fingerprint density at radius 2 is 1.20 bits per heavy atom. The van der Waals surface area contributed by atoms with Crippen molar-refractivity contribution >= 4 is 11.8 Å². The van der Waals surface area contributed by atoms with Crippen LogP contribution >= 0.6 is 0 Å². The number of hydrogen-bond acceptors (Lipinski definition) is 27. The first-order valence-electron chi connectivity index (χ1n) is 26.3. The Morgan fingerprint density at radius 3 is 1.82 bits per heavy atom. The van der Waals surface area contributed by atoms with Crippen molar-refractivity contribution in [2.24, 2.45) is 40.4 Å². The van der Waals surface area contributed by atoms with Gasteiger partial charge in [-0.3, -0.25) is 9.59 Å². The fourth-order valence-electron chi connectivity index (χ4n) is 13.0. The third-order valence-electron chi connectivity index (χ3n) is 17.6. The lowest BCUT2D eigenvalue weighted by molar-refractivity contribution is -0.529. The van der Waals surface area contributed by atoms with Gasteiger partial charge < -0.3 is 85.0 Å². The second-order valence-electron chi connectivity index (χ2n) is 22.7. The summed E-state index contributed by atoms with van der Waals surface area (Å²) in [4.78, 5) is 70.0. The van der Waals surface area contributed by atoms with Crippen molar-refractivity contribution in [2.45, 2.75) is 235 Å². The van der Waals surface area contributed by atoms with Crippen LogP contribution in [0.15, 0.2) is 11.6 Å². The number of esters is 1. The molecule has 4 saturated heterocycles. The number of aliphatic hydroxyl groups is 12. The molecular weight excluding hydrogens is 1020 g/mol. The molecule has 0 aromatic heterocycles. The van der Waals surface area contributed by atoms with Crippen LogP contribution in [-0.2, 0) is 72.4 Å². The Kier molecular flexibility index (Phi) is 19.4. The van der Waals surface area contributed by atoms with Crippen molar-refractivity contribution in [1.82, 2.24) is 0 Å². The summed E-state index contributed by atoms with van der Waals surface area (Å²) in [5.41, 5.74) is 0.466. The fourth-order valence-corrected chi connectivity index (χ4v) is 13.0. The Hall–Kier alpha value is -2.08. The molecule has 4 heterocycles. The van der Waals surface area contributed by atoms with Crippen LogP contribution in [0.2, 0.25) is 0 Å². The Labute approximate surface area is 438 Å². The van der Waals surface area contributed by atoms with Gasteiger partial charge in [0.25, 0.3) is 0 Å². The minimum Gasteiger partial charge on any atom is -0.462 e. The van der Waals surface area contributed by atoms with Crippen LogP contribution in [0.25, 0.3) is 0 Å². The quantitative estimate of drug-likeness (QED) is 0.0291. The molecule has 0 bridgehead atoms. The van der Waals surface area contributed by atoms with Crippen LogP contribution < -0.4 is 0 Å². The van der Waals surface area contributed by atoms with E-state index in [1.54, 1.807) is 13.8 Å². The standard InChI is InChI=1S/C49H78O27/c1-18(17-64-73-46-38(60)34(56)35(57)42(62)68-46)7-10-28(51)67-27-16-26-24-9-8-22-15-23(11-13-48(22,5)25(24)12-14-49(26,6)29(27)19(2)50)70-76-47-41(72-75-45-37(59)33(55)31(53)21(4)66-45)39(61)40(43(63)69-47)71-74-44-36(58)32(54)30(52)20(3)65-44/h8,18,20-21,23-27,29-47,52-63H,7,9-17H2,1-6H3/t18-,20-,21-,23-,24+,25-,26+,27-,29-,30-,31-,32+,33+,34-,35-,36-,37-,38+,39-,40-,41+,42-,43-,44+,45+,46-,47-,48-,49-/m0/s1. The minimum atomic E-state index is -2.03. The van der Waals surface area contributed by atoms with Gasteiger partial charge in [0.05, 0.1) is 30.8 Å². The lowest BCUT2D eigenvalue weighted by Crippen LogP contribution is -2.62. The average Bonchev–Trinajstić information content (AvgIpc) is 3.74. The number of ether oxygens (including phenoxy) is 5. The molecule has 3 saturated carbocycles. The van der Waals surface area contributed by atoms with E-state index in [-0.39, 0.29) is 47.9 Å². The Balaban J connectivity index is 0.869. The van der Waals surface area contributed by atoms with Crippen LogP contribution in [0.3, 0.4) is 0 Å². The molecule has 0 aromatic rings. The number of Topliss-reactive ketones (excluding diaryl/α,β-unsaturated/α-hetero) is 1. The summed E-state index contributed by atoms with van der Waals surface area (Å²) >= 11 is 0. The highest BCUT2D eigenvalue weighted by molar-refractivity contribution is 5.81. The molecule has 0 unspecified atom stereocenters. The van der Waals surface area contributed by atoms with E-state index in [1.165, 1.54) is 13.8 Å². The Bertz CT molecular complexity index is 1990. The maximum atomic E-state index is 13.5. The molecule has 7 fully saturated rings. The summed E-state index contributed by atoms with van der Waals surface area (Å²) in [6, 6.07) is 0. The summed E-state index contributed by atoms with van der Waals surface area (Å²) < 4.78 is 27.6. The molecule has 29 atom stereocenters. The van der Waals surface area contributed by atoms with Gasteiger partial charge in [-0.2, -0.15) is 0 Å². The molecule has 436 valence electrons. The molecule has 76 heavy (non-hydrogen) atoms. The number of aliphatic hydroxyl groups excluding tert-OH is 12. The van der Waals surface area contributed by atoms with Crippen LogP contribution in [0, 0.1) is 40.4 Å². The second kappa shape index (κ2) is 24.6. The molecule has 12 N–H and O–H groups in total. The zero-order valence-electron chi connectivity index (χ0n) is 43.2. The second-order valence-corrected chi connectivity index (χ2v) is 22.7. The SMILES string of the molecule is CC(=O)[C@H]1[C@@H](OC(=O)CC[C@H](C)COO[C@@H]2O[C@H](O)[C@@H](O)[C@H](O)[C@H]2O)C[C@@H]2[C@@H]3CC=C4C[C@@H](OO[C@@H]5O[C@H](O)[C@@H](OO[C@H]6O[C@@H](C)[C@H](O)[C@@H](O)[C@@H]6O)[C@H](O)[C@H]5OO[C@H]5O[C@@H](C)[C@H](O)[C@@H](O)[C@@H]5O)CC[C@]4(C)[C@H]3CC[C@@]21C. The molecule has 8 aliphatic rings. The number of allylic oxidation sites excluding steroid dienone is 1. The number of fused-ring (bicyclic) bond motifs is 5. The van der Waals surface area contributed by atoms with Gasteiger partial charge in [0.1, 0.15) is 72.9 Å². The van der Waals surface area contributed by atoms with Crippen molar-refractivity contribution in [1.29, 1.82) is 0 Å². The predicted octanol–water partition coefficient (Wildman–Crippen LogP) is -2.56. The smallest absolute Gasteiger partial charge is 0.306 e. The van der Waals surface area contributed by atoms with Crippen molar-refractivity contribution < 1.29 is 134 Å². The number of hydrogen-bond donors (Lipinski definition) is 12. The monoisotopic (exact) mass is 1100 g/mol. The van der Waals surface area contributed by atoms with Gasteiger partial charge in [-0.25, -0.2) is 39.1 Å². The normalized spacial score (nSPS) is 49.9. The van der Waals surface area contributed by atoms with E-state index in [4.69, 9.17) is 62.8 Å². The van der Waals surface area contributed by atoms with Crippen molar-refractivity contribution in [3.8, 4) is 0 Å². The molecule has 4 aliphatic heterocycles. The zero-order valence-corrected chi connectivity index (χ0v) is 43.2. The zero-order chi connectivity index (χ0) is 55.3. The maximum absolute atomic E-state index is 13.5. The average molecular weight is 1100 g/mol. The summed E-state index contributed by atoms with van der Waals surface area (Å²) in [6.45, 7) is 10.5. The number of carbonyl (C=O) groups is 2. The minimum absolute atomic E-state index is 0.0261. The van der Waals surface area contributed by atoms with Gasteiger partial charge in [-0.1, -0.05) is 32.4 Å².